The fourth-order valence-electron chi connectivity index (χ4n) is 3.17. The van der Waals surface area contributed by atoms with Crippen molar-refractivity contribution < 1.29 is 14.9 Å². The van der Waals surface area contributed by atoms with Crippen molar-refractivity contribution in [1.82, 2.24) is 0 Å². The van der Waals surface area contributed by atoms with Gasteiger partial charge in [-0.2, -0.15) is 0 Å². The van der Waals surface area contributed by atoms with Gasteiger partial charge in [-0.05, 0) is 51.0 Å². The molecule has 0 unspecified atom stereocenters. The highest BCUT2D eigenvalue weighted by Crippen LogP contribution is 2.47. The maximum absolute atomic E-state index is 10.2. The number of nitrogens with zero attached hydrogens (tertiary/aromatic N) is 1. The predicted molar refractivity (Wildman–Crippen MR) is 73.4 cm³/mol. The summed E-state index contributed by atoms with van der Waals surface area (Å²) in [6.45, 7) is 8.09. The molecular formula is C15H19NO3. The monoisotopic (exact) mass is 261 g/mol. The van der Waals surface area contributed by atoms with Crippen LogP contribution in [-0.2, 0) is 4.74 Å². The van der Waals surface area contributed by atoms with E-state index >= 15 is 0 Å². The summed E-state index contributed by atoms with van der Waals surface area (Å²) >= 11 is 0. The van der Waals surface area contributed by atoms with E-state index in [0.717, 1.165) is 28.0 Å². The van der Waals surface area contributed by atoms with Crippen LogP contribution in [0.5, 0.6) is 0 Å². The zero-order valence-corrected chi connectivity index (χ0v) is 11.6. The van der Waals surface area contributed by atoms with Crippen molar-refractivity contribution in [1.29, 1.82) is 0 Å². The Balaban J connectivity index is 2.34. The number of rotatable bonds is 0. The zero-order chi connectivity index (χ0) is 13.9. The first-order valence-electron chi connectivity index (χ1n) is 6.46. The van der Waals surface area contributed by atoms with E-state index in [-0.39, 0.29) is 5.54 Å². The van der Waals surface area contributed by atoms with Gasteiger partial charge in [0.05, 0.1) is 11.2 Å². The van der Waals surface area contributed by atoms with Crippen LogP contribution in [0.1, 0.15) is 43.8 Å². The van der Waals surface area contributed by atoms with Crippen molar-refractivity contribution in [3.63, 3.8) is 0 Å². The molecule has 0 fully saturated rings. The van der Waals surface area contributed by atoms with Crippen LogP contribution < -0.4 is 4.90 Å². The van der Waals surface area contributed by atoms with Crippen molar-refractivity contribution in [3.05, 3.63) is 34.9 Å². The van der Waals surface area contributed by atoms with Gasteiger partial charge in [-0.1, -0.05) is 6.08 Å². The molecule has 0 bridgehead atoms. The second-order valence-electron chi connectivity index (χ2n) is 5.92. The highest BCUT2D eigenvalue weighted by molar-refractivity contribution is 5.84. The minimum absolute atomic E-state index is 0.360. The van der Waals surface area contributed by atoms with Gasteiger partial charge in [-0.25, -0.2) is 0 Å². The first kappa shape index (κ1) is 12.7. The summed E-state index contributed by atoms with van der Waals surface area (Å²) in [5.41, 5.74) is 4.52. The average molecular weight is 261 g/mol. The van der Waals surface area contributed by atoms with Crippen molar-refractivity contribution >= 4 is 11.3 Å². The third-order valence-electron chi connectivity index (χ3n) is 3.88. The van der Waals surface area contributed by atoms with E-state index in [1.807, 2.05) is 31.7 Å². The van der Waals surface area contributed by atoms with Gasteiger partial charge < -0.3 is 19.8 Å². The first-order valence-corrected chi connectivity index (χ1v) is 6.46. The van der Waals surface area contributed by atoms with Crippen LogP contribution in [-0.4, -0.2) is 22.2 Å². The second-order valence-corrected chi connectivity index (χ2v) is 5.92. The molecule has 1 aromatic carbocycles. The van der Waals surface area contributed by atoms with Crippen LogP contribution in [0.3, 0.4) is 0 Å². The molecule has 4 heteroatoms. The van der Waals surface area contributed by atoms with Crippen molar-refractivity contribution in [3.8, 4) is 0 Å². The molecule has 2 N–H and O–H groups in total. The maximum atomic E-state index is 10.2. The lowest BCUT2D eigenvalue weighted by Gasteiger charge is -2.49. The fourth-order valence-corrected chi connectivity index (χ4v) is 3.17. The molecule has 0 saturated heterocycles. The Morgan fingerprint density at radius 3 is 2.58 bits per heavy atom. The van der Waals surface area contributed by atoms with Gasteiger partial charge in [0.1, 0.15) is 0 Å². The number of hydrogen-bond donors (Lipinski definition) is 2. The Kier molecular flexibility index (Phi) is 2.55. The lowest BCUT2D eigenvalue weighted by Crippen LogP contribution is -2.55. The van der Waals surface area contributed by atoms with Crippen molar-refractivity contribution in [2.24, 2.45) is 0 Å². The van der Waals surface area contributed by atoms with E-state index in [2.05, 4.69) is 19.1 Å². The van der Waals surface area contributed by atoms with E-state index in [4.69, 9.17) is 4.74 Å². The lowest BCUT2D eigenvalue weighted by molar-refractivity contribution is -0.222. The zero-order valence-electron chi connectivity index (χ0n) is 11.6. The molecule has 0 radical (unpaired) electrons. The molecule has 0 aromatic heterocycles. The van der Waals surface area contributed by atoms with Gasteiger partial charge in [-0.3, -0.25) is 0 Å². The molecule has 2 atom stereocenters. The summed E-state index contributed by atoms with van der Waals surface area (Å²) in [6.07, 6.45) is -0.104. The molecule has 0 amide bonds. The van der Waals surface area contributed by atoms with Gasteiger partial charge in [0, 0.05) is 11.1 Å². The van der Waals surface area contributed by atoms with Gasteiger partial charge in [0.2, 0.25) is 6.41 Å². The standard InChI is InChI=1S/C15H19NO3/c1-8-5-10-9(2)7-15(3,4)16-12(10)11(6-8)13(17)19-14(16)18/h5-7,13-14,17-18H,1-4H3/t13-,14+/m0/s1. The lowest BCUT2D eigenvalue weighted by atomic mass is 9.85. The van der Waals surface area contributed by atoms with Crippen LogP contribution in [0, 0.1) is 6.92 Å². The molecule has 0 aliphatic carbocycles. The molecule has 0 saturated carbocycles. The summed E-state index contributed by atoms with van der Waals surface area (Å²) in [5, 5.41) is 20.2. The number of allylic oxidation sites excluding steroid dienone is 1. The number of anilines is 1. The number of hydrogen-bond acceptors (Lipinski definition) is 4. The van der Waals surface area contributed by atoms with Crippen LogP contribution in [0.25, 0.3) is 5.57 Å². The summed E-state index contributed by atoms with van der Waals surface area (Å²) in [7, 11) is 0. The van der Waals surface area contributed by atoms with E-state index in [1.165, 1.54) is 0 Å². The largest absolute Gasteiger partial charge is 0.364 e. The Bertz CT molecular complexity index is 577. The third kappa shape index (κ3) is 1.71. The van der Waals surface area contributed by atoms with E-state index in [1.54, 1.807) is 0 Å². The highest BCUT2D eigenvalue weighted by atomic mass is 16.7. The minimum Gasteiger partial charge on any atom is -0.364 e. The Labute approximate surface area is 112 Å². The normalized spacial score (nSPS) is 27.9. The van der Waals surface area contributed by atoms with E-state index in [9.17, 15) is 10.2 Å². The Morgan fingerprint density at radius 2 is 1.89 bits per heavy atom. The molecule has 0 spiro atoms. The Morgan fingerprint density at radius 1 is 1.21 bits per heavy atom. The molecule has 2 heterocycles. The summed E-state index contributed by atoms with van der Waals surface area (Å²) in [4.78, 5) is 1.82. The van der Waals surface area contributed by atoms with E-state index < -0.39 is 12.7 Å². The molecule has 102 valence electrons. The van der Waals surface area contributed by atoms with Gasteiger partial charge >= 0.3 is 0 Å². The average Bonchev–Trinajstić information content (AvgIpc) is 2.27. The van der Waals surface area contributed by atoms with Gasteiger partial charge in [-0.15, -0.1) is 0 Å². The molecule has 19 heavy (non-hydrogen) atoms. The van der Waals surface area contributed by atoms with Crippen LogP contribution in [0.15, 0.2) is 18.2 Å². The summed E-state index contributed by atoms with van der Waals surface area (Å²) in [6, 6.07) is 3.99. The maximum Gasteiger partial charge on any atom is 0.241 e. The van der Waals surface area contributed by atoms with Crippen molar-refractivity contribution in [2.75, 3.05) is 4.90 Å². The topological polar surface area (TPSA) is 52.9 Å². The molecular weight excluding hydrogens is 242 g/mol. The number of benzene rings is 1. The first-order chi connectivity index (χ1) is 8.81. The SMILES string of the molecule is CC1=CC(C)(C)N2c3c1cc(C)cc3[C@@H](O)O[C@H]2O. The third-order valence-corrected chi connectivity index (χ3v) is 3.88. The van der Waals surface area contributed by atoms with Gasteiger partial charge in [0.15, 0.2) is 6.29 Å². The van der Waals surface area contributed by atoms with E-state index in [0.29, 0.717) is 0 Å². The summed E-state index contributed by atoms with van der Waals surface area (Å²) < 4.78 is 5.24. The number of aliphatic hydroxyl groups excluding tert-OH is 2. The van der Waals surface area contributed by atoms with Crippen molar-refractivity contribution in [2.45, 2.75) is 45.9 Å². The minimum atomic E-state index is -1.14. The Hall–Kier alpha value is -1.36. The van der Waals surface area contributed by atoms with Gasteiger partial charge in [0.25, 0.3) is 0 Å². The number of aliphatic hydroxyl groups is 2. The quantitative estimate of drug-likeness (QED) is 0.752. The van der Waals surface area contributed by atoms with Crippen LogP contribution in [0.4, 0.5) is 5.69 Å². The predicted octanol–water partition coefficient (Wildman–Crippen LogP) is 2.29. The van der Waals surface area contributed by atoms with Crippen LogP contribution in [0.2, 0.25) is 0 Å². The number of aryl methyl sites for hydroxylation is 1. The fraction of sp³-hybridized carbons (Fsp3) is 0.467. The molecule has 2 aliphatic heterocycles. The smallest absolute Gasteiger partial charge is 0.241 e. The van der Waals surface area contributed by atoms with Crippen LogP contribution >= 0.6 is 0 Å². The summed E-state index contributed by atoms with van der Waals surface area (Å²) in [5.74, 6) is 0. The molecule has 4 nitrogen and oxygen atoms in total. The highest BCUT2D eigenvalue weighted by Gasteiger charge is 2.42. The number of ether oxygens (including phenoxy) is 1. The molecule has 3 rings (SSSR count). The second kappa shape index (κ2) is 3.82. The molecule has 2 aliphatic rings. The molecule has 1 aromatic rings.